The van der Waals surface area contributed by atoms with Gasteiger partial charge in [0.15, 0.2) is 0 Å². The highest BCUT2D eigenvalue weighted by atomic mass is 16.3. The van der Waals surface area contributed by atoms with E-state index < -0.39 is 0 Å². The average Bonchev–Trinajstić information content (AvgIpc) is 2.26. The number of carbonyl (C=O) groups is 1. The van der Waals surface area contributed by atoms with Crippen LogP contribution in [-0.2, 0) is 17.9 Å². The average molecular weight is 222 g/mol. The first-order valence-electron chi connectivity index (χ1n) is 5.22. The van der Waals surface area contributed by atoms with E-state index in [1.807, 2.05) is 43.3 Å². The molecular formula is C12H18N2O2. The van der Waals surface area contributed by atoms with Crippen molar-refractivity contribution in [2.75, 3.05) is 20.6 Å². The zero-order valence-corrected chi connectivity index (χ0v) is 9.73. The van der Waals surface area contributed by atoms with Crippen LogP contribution in [0.2, 0.25) is 0 Å². The molecular weight excluding hydrogens is 204 g/mol. The van der Waals surface area contributed by atoms with E-state index in [1.54, 1.807) is 0 Å². The van der Waals surface area contributed by atoms with Crippen molar-refractivity contribution in [1.29, 1.82) is 0 Å². The number of likely N-dealkylation sites (N-methyl/N-ethyl adjacent to an activating group) is 1. The molecule has 1 aromatic carbocycles. The Bertz CT molecular complexity index is 333. The number of carbonyl (C=O) groups excluding carboxylic acids is 1. The monoisotopic (exact) mass is 222 g/mol. The van der Waals surface area contributed by atoms with E-state index in [1.165, 1.54) is 0 Å². The highest BCUT2D eigenvalue weighted by Gasteiger charge is 2.02. The lowest BCUT2D eigenvalue weighted by molar-refractivity contribution is -0.121. The van der Waals surface area contributed by atoms with Crippen molar-refractivity contribution in [3.8, 4) is 0 Å². The zero-order valence-electron chi connectivity index (χ0n) is 9.73. The Morgan fingerprint density at radius 3 is 2.31 bits per heavy atom. The van der Waals surface area contributed by atoms with E-state index in [0.29, 0.717) is 13.1 Å². The van der Waals surface area contributed by atoms with Gasteiger partial charge in [0, 0.05) is 6.54 Å². The summed E-state index contributed by atoms with van der Waals surface area (Å²) in [6.07, 6.45) is 0. The standard InChI is InChI=1S/C12H18N2O2/c1-14(2)8-12(16)13-7-10-3-5-11(9-15)6-4-10/h3-6,15H,7-9H2,1-2H3,(H,13,16). The molecule has 0 saturated carbocycles. The lowest BCUT2D eigenvalue weighted by Crippen LogP contribution is -2.32. The second-order valence-corrected chi connectivity index (χ2v) is 3.99. The number of benzene rings is 1. The van der Waals surface area contributed by atoms with Crippen LogP contribution in [0.1, 0.15) is 11.1 Å². The molecule has 16 heavy (non-hydrogen) atoms. The van der Waals surface area contributed by atoms with Gasteiger partial charge in [-0.1, -0.05) is 24.3 Å². The third-order valence-corrected chi connectivity index (χ3v) is 2.16. The fourth-order valence-corrected chi connectivity index (χ4v) is 1.31. The number of nitrogens with zero attached hydrogens (tertiary/aromatic N) is 1. The summed E-state index contributed by atoms with van der Waals surface area (Å²) in [6.45, 7) is 0.973. The highest BCUT2D eigenvalue weighted by Crippen LogP contribution is 2.03. The van der Waals surface area contributed by atoms with Crippen molar-refractivity contribution in [2.24, 2.45) is 0 Å². The minimum absolute atomic E-state index is 0.0104. The van der Waals surface area contributed by atoms with Crippen molar-refractivity contribution in [3.05, 3.63) is 35.4 Å². The predicted octanol–water partition coefficient (Wildman–Crippen LogP) is 0.357. The van der Waals surface area contributed by atoms with Crippen LogP contribution in [0.25, 0.3) is 0 Å². The molecule has 0 unspecified atom stereocenters. The number of nitrogens with one attached hydrogen (secondary N) is 1. The summed E-state index contributed by atoms with van der Waals surface area (Å²) < 4.78 is 0. The Morgan fingerprint density at radius 2 is 1.81 bits per heavy atom. The fraction of sp³-hybridized carbons (Fsp3) is 0.417. The van der Waals surface area contributed by atoms with Crippen LogP contribution in [0.5, 0.6) is 0 Å². The van der Waals surface area contributed by atoms with Crippen molar-refractivity contribution in [3.63, 3.8) is 0 Å². The van der Waals surface area contributed by atoms with Gasteiger partial charge in [-0.15, -0.1) is 0 Å². The Kier molecular flexibility index (Phi) is 4.95. The smallest absolute Gasteiger partial charge is 0.234 e. The van der Waals surface area contributed by atoms with Crippen LogP contribution >= 0.6 is 0 Å². The Hall–Kier alpha value is -1.39. The summed E-state index contributed by atoms with van der Waals surface area (Å²) in [5.74, 6) is 0.0104. The molecule has 1 aromatic rings. The third-order valence-electron chi connectivity index (χ3n) is 2.16. The normalized spacial score (nSPS) is 10.5. The van der Waals surface area contributed by atoms with Gasteiger partial charge in [-0.25, -0.2) is 0 Å². The molecule has 4 heteroatoms. The van der Waals surface area contributed by atoms with E-state index in [9.17, 15) is 4.79 Å². The number of aliphatic hydroxyl groups excluding tert-OH is 1. The molecule has 0 atom stereocenters. The van der Waals surface area contributed by atoms with Crippen molar-refractivity contribution >= 4 is 5.91 Å². The van der Waals surface area contributed by atoms with E-state index in [0.717, 1.165) is 11.1 Å². The lowest BCUT2D eigenvalue weighted by Gasteiger charge is -2.10. The quantitative estimate of drug-likeness (QED) is 0.756. The van der Waals surface area contributed by atoms with Gasteiger partial charge in [0.25, 0.3) is 0 Å². The molecule has 0 bridgehead atoms. The Balaban J connectivity index is 2.39. The van der Waals surface area contributed by atoms with Gasteiger partial charge in [-0.3, -0.25) is 4.79 Å². The zero-order chi connectivity index (χ0) is 12.0. The van der Waals surface area contributed by atoms with Crippen LogP contribution in [0, 0.1) is 0 Å². The minimum atomic E-state index is 0.0104. The van der Waals surface area contributed by atoms with Gasteiger partial charge < -0.3 is 15.3 Å². The van der Waals surface area contributed by atoms with Crippen LogP contribution in [0.4, 0.5) is 0 Å². The van der Waals surface area contributed by atoms with Crippen molar-refractivity contribution in [2.45, 2.75) is 13.2 Å². The number of hydrogen-bond acceptors (Lipinski definition) is 3. The number of amides is 1. The first-order valence-corrected chi connectivity index (χ1v) is 5.22. The SMILES string of the molecule is CN(C)CC(=O)NCc1ccc(CO)cc1. The van der Waals surface area contributed by atoms with Crippen molar-refractivity contribution < 1.29 is 9.90 Å². The predicted molar refractivity (Wildman–Crippen MR) is 62.8 cm³/mol. The molecule has 0 aliphatic rings. The molecule has 0 aromatic heterocycles. The number of hydrogen-bond donors (Lipinski definition) is 2. The largest absolute Gasteiger partial charge is 0.392 e. The van der Waals surface area contributed by atoms with Gasteiger partial charge in [0.05, 0.1) is 13.2 Å². The molecule has 0 fully saturated rings. The molecule has 4 nitrogen and oxygen atoms in total. The van der Waals surface area contributed by atoms with Gasteiger partial charge in [-0.2, -0.15) is 0 Å². The van der Waals surface area contributed by atoms with Crippen LogP contribution in [0.3, 0.4) is 0 Å². The lowest BCUT2D eigenvalue weighted by atomic mass is 10.1. The summed E-state index contributed by atoms with van der Waals surface area (Å²) in [5.41, 5.74) is 1.91. The van der Waals surface area contributed by atoms with E-state index >= 15 is 0 Å². The van der Waals surface area contributed by atoms with E-state index in [2.05, 4.69) is 5.32 Å². The second kappa shape index (κ2) is 6.25. The Morgan fingerprint density at radius 1 is 1.25 bits per heavy atom. The van der Waals surface area contributed by atoms with Gasteiger partial charge in [0.2, 0.25) is 5.91 Å². The van der Waals surface area contributed by atoms with E-state index in [-0.39, 0.29) is 12.5 Å². The summed E-state index contributed by atoms with van der Waals surface area (Å²) in [6, 6.07) is 7.52. The molecule has 0 saturated heterocycles. The van der Waals surface area contributed by atoms with E-state index in [4.69, 9.17) is 5.11 Å². The van der Waals surface area contributed by atoms with Crippen LogP contribution in [-0.4, -0.2) is 36.6 Å². The summed E-state index contributed by atoms with van der Waals surface area (Å²) >= 11 is 0. The topological polar surface area (TPSA) is 52.6 Å². The molecule has 88 valence electrons. The number of aliphatic hydroxyl groups is 1. The molecule has 1 amide bonds. The van der Waals surface area contributed by atoms with Crippen LogP contribution in [0.15, 0.2) is 24.3 Å². The highest BCUT2D eigenvalue weighted by molar-refractivity contribution is 5.77. The summed E-state index contributed by atoms with van der Waals surface area (Å²) in [7, 11) is 3.71. The molecule has 0 spiro atoms. The summed E-state index contributed by atoms with van der Waals surface area (Å²) in [4.78, 5) is 13.2. The molecule has 0 heterocycles. The molecule has 0 aliphatic carbocycles. The van der Waals surface area contributed by atoms with Gasteiger partial charge in [-0.05, 0) is 25.2 Å². The number of rotatable bonds is 5. The maximum atomic E-state index is 11.4. The van der Waals surface area contributed by atoms with Gasteiger partial charge >= 0.3 is 0 Å². The molecule has 1 rings (SSSR count). The molecule has 0 aliphatic heterocycles. The maximum absolute atomic E-state index is 11.4. The van der Waals surface area contributed by atoms with Crippen molar-refractivity contribution in [1.82, 2.24) is 10.2 Å². The maximum Gasteiger partial charge on any atom is 0.234 e. The fourth-order valence-electron chi connectivity index (χ4n) is 1.31. The first-order chi connectivity index (χ1) is 7.61. The third kappa shape index (κ3) is 4.42. The first kappa shape index (κ1) is 12.7. The molecule has 0 radical (unpaired) electrons. The second-order valence-electron chi connectivity index (χ2n) is 3.99. The Labute approximate surface area is 95.9 Å². The molecule has 2 N–H and O–H groups in total. The minimum Gasteiger partial charge on any atom is -0.392 e. The summed E-state index contributed by atoms with van der Waals surface area (Å²) in [5, 5.41) is 11.7. The van der Waals surface area contributed by atoms with Crippen LogP contribution < -0.4 is 5.32 Å². The van der Waals surface area contributed by atoms with Gasteiger partial charge in [0.1, 0.15) is 0 Å².